The molecule has 0 radical (unpaired) electrons. The van der Waals surface area contributed by atoms with E-state index in [0.29, 0.717) is 5.56 Å². The zero-order valence-corrected chi connectivity index (χ0v) is 16.0. The molecular weight excluding hydrogens is 356 g/mol. The highest BCUT2D eigenvalue weighted by Gasteiger charge is 2.34. The highest BCUT2D eigenvalue weighted by atomic mass is 35.5. The first-order valence-electron chi connectivity index (χ1n) is 9.55. The van der Waals surface area contributed by atoms with Gasteiger partial charge in [0.05, 0.1) is 11.1 Å². The second-order valence-corrected chi connectivity index (χ2v) is 7.95. The largest absolute Gasteiger partial charge is 0.346 e. The number of fused-ring (bicyclic) bond motifs is 1. The van der Waals surface area contributed by atoms with Crippen LogP contribution in [0.3, 0.4) is 0 Å². The SMILES string of the molecule is O=C(NC1(Cc2cccc(Cl)c2)CCCCC1)c1cnc2ccccc2c1. The standard InChI is InChI=1S/C23H23ClN2O/c24-20-9-6-7-17(13-20)15-23(11-4-1-5-12-23)26-22(27)19-14-18-8-2-3-10-21(18)25-16-19/h2-3,6-10,13-14,16H,1,4-5,11-12,15H2,(H,26,27). The molecule has 0 saturated heterocycles. The van der Waals surface area contributed by atoms with Crippen molar-refractivity contribution in [2.45, 2.75) is 44.1 Å². The van der Waals surface area contributed by atoms with E-state index in [-0.39, 0.29) is 11.4 Å². The number of halogens is 1. The first kappa shape index (κ1) is 18.0. The van der Waals surface area contributed by atoms with Gasteiger partial charge in [-0.25, -0.2) is 0 Å². The van der Waals surface area contributed by atoms with Crippen molar-refractivity contribution in [2.24, 2.45) is 0 Å². The lowest BCUT2D eigenvalue weighted by Crippen LogP contribution is -2.51. The first-order valence-corrected chi connectivity index (χ1v) is 9.93. The molecule has 0 unspecified atom stereocenters. The van der Waals surface area contributed by atoms with Crippen LogP contribution in [0.5, 0.6) is 0 Å². The maximum absolute atomic E-state index is 13.0. The highest BCUT2D eigenvalue weighted by Crippen LogP contribution is 2.32. The average molecular weight is 379 g/mol. The van der Waals surface area contributed by atoms with E-state index in [1.54, 1.807) is 6.20 Å². The number of para-hydroxylation sites is 1. The van der Waals surface area contributed by atoms with Crippen molar-refractivity contribution in [3.8, 4) is 0 Å². The van der Waals surface area contributed by atoms with E-state index in [0.717, 1.165) is 48.0 Å². The molecule has 1 fully saturated rings. The predicted octanol–water partition coefficient (Wildman–Crippen LogP) is 5.56. The highest BCUT2D eigenvalue weighted by molar-refractivity contribution is 6.30. The summed E-state index contributed by atoms with van der Waals surface area (Å²) in [5, 5.41) is 5.08. The minimum atomic E-state index is -0.217. The fraction of sp³-hybridized carbons (Fsp3) is 0.304. The lowest BCUT2D eigenvalue weighted by Gasteiger charge is -2.38. The van der Waals surface area contributed by atoms with Crippen LogP contribution in [0.1, 0.15) is 48.0 Å². The summed E-state index contributed by atoms with van der Waals surface area (Å²) >= 11 is 6.17. The second kappa shape index (κ2) is 7.69. The van der Waals surface area contributed by atoms with E-state index in [1.165, 1.54) is 12.0 Å². The van der Waals surface area contributed by atoms with Crippen LogP contribution in [-0.4, -0.2) is 16.4 Å². The molecule has 4 heteroatoms. The van der Waals surface area contributed by atoms with Gasteiger partial charge in [-0.05, 0) is 49.1 Å². The Hall–Kier alpha value is -2.39. The normalized spacial score (nSPS) is 16.2. The van der Waals surface area contributed by atoms with Crippen LogP contribution in [0.15, 0.2) is 60.8 Å². The van der Waals surface area contributed by atoms with E-state index in [2.05, 4.69) is 16.4 Å². The summed E-state index contributed by atoms with van der Waals surface area (Å²) in [6.45, 7) is 0. The molecule has 1 aromatic heterocycles. The molecule has 1 aliphatic rings. The smallest absolute Gasteiger partial charge is 0.253 e. The van der Waals surface area contributed by atoms with Gasteiger partial charge in [0.2, 0.25) is 0 Å². The molecule has 1 heterocycles. The average Bonchev–Trinajstić information content (AvgIpc) is 2.68. The summed E-state index contributed by atoms with van der Waals surface area (Å²) in [6, 6.07) is 17.7. The Labute approximate surface area is 164 Å². The van der Waals surface area contributed by atoms with Gasteiger partial charge < -0.3 is 5.32 Å². The van der Waals surface area contributed by atoms with Gasteiger partial charge >= 0.3 is 0 Å². The number of hydrogen-bond acceptors (Lipinski definition) is 2. The van der Waals surface area contributed by atoms with Crippen LogP contribution in [0.2, 0.25) is 5.02 Å². The van der Waals surface area contributed by atoms with Gasteiger partial charge in [0.1, 0.15) is 0 Å². The molecule has 27 heavy (non-hydrogen) atoms. The molecule has 0 atom stereocenters. The summed E-state index contributed by atoms with van der Waals surface area (Å²) in [4.78, 5) is 17.5. The lowest BCUT2D eigenvalue weighted by molar-refractivity contribution is 0.0868. The number of benzene rings is 2. The van der Waals surface area contributed by atoms with Gasteiger partial charge in [0.25, 0.3) is 5.91 Å². The van der Waals surface area contributed by atoms with Crippen LogP contribution in [-0.2, 0) is 6.42 Å². The van der Waals surface area contributed by atoms with Gasteiger partial charge in [0, 0.05) is 22.1 Å². The monoisotopic (exact) mass is 378 g/mol. The van der Waals surface area contributed by atoms with Gasteiger partial charge in [-0.15, -0.1) is 0 Å². The number of carbonyl (C=O) groups excluding carboxylic acids is 1. The zero-order chi connectivity index (χ0) is 18.7. The second-order valence-electron chi connectivity index (χ2n) is 7.52. The minimum absolute atomic E-state index is 0.0443. The Morgan fingerprint density at radius 2 is 1.85 bits per heavy atom. The summed E-state index contributed by atoms with van der Waals surface area (Å²) < 4.78 is 0. The Bertz CT molecular complexity index is 963. The maximum Gasteiger partial charge on any atom is 0.253 e. The Morgan fingerprint density at radius 3 is 2.67 bits per heavy atom. The molecule has 1 N–H and O–H groups in total. The summed E-state index contributed by atoms with van der Waals surface area (Å²) in [5.74, 6) is -0.0443. The third-order valence-electron chi connectivity index (χ3n) is 5.47. The lowest BCUT2D eigenvalue weighted by atomic mass is 9.77. The van der Waals surface area contributed by atoms with Crippen molar-refractivity contribution < 1.29 is 4.79 Å². The molecule has 1 amide bonds. The molecule has 1 saturated carbocycles. The minimum Gasteiger partial charge on any atom is -0.346 e. The molecule has 138 valence electrons. The van der Waals surface area contributed by atoms with E-state index in [9.17, 15) is 4.79 Å². The van der Waals surface area contributed by atoms with E-state index < -0.39 is 0 Å². The van der Waals surface area contributed by atoms with Gasteiger partial charge in [-0.1, -0.05) is 61.2 Å². The van der Waals surface area contributed by atoms with Crippen molar-refractivity contribution in [1.29, 1.82) is 0 Å². The van der Waals surface area contributed by atoms with E-state index in [4.69, 9.17) is 11.6 Å². The number of hydrogen-bond donors (Lipinski definition) is 1. The van der Waals surface area contributed by atoms with Gasteiger partial charge in [-0.2, -0.15) is 0 Å². The number of carbonyl (C=O) groups is 1. The zero-order valence-electron chi connectivity index (χ0n) is 15.2. The third kappa shape index (κ3) is 4.14. The van der Waals surface area contributed by atoms with Crippen molar-refractivity contribution >= 4 is 28.4 Å². The number of amides is 1. The molecule has 0 aliphatic heterocycles. The molecule has 3 aromatic rings. The van der Waals surface area contributed by atoms with Crippen LogP contribution < -0.4 is 5.32 Å². The van der Waals surface area contributed by atoms with Crippen LogP contribution in [0.25, 0.3) is 10.9 Å². The number of nitrogens with zero attached hydrogens (tertiary/aromatic N) is 1. The number of aromatic nitrogens is 1. The summed E-state index contributed by atoms with van der Waals surface area (Å²) in [7, 11) is 0. The van der Waals surface area contributed by atoms with E-state index in [1.807, 2.05) is 48.5 Å². The summed E-state index contributed by atoms with van der Waals surface area (Å²) in [5.41, 5.74) is 2.47. The quantitative estimate of drug-likeness (QED) is 0.645. The Balaban J connectivity index is 1.59. The number of pyridine rings is 1. The van der Waals surface area contributed by atoms with E-state index >= 15 is 0 Å². The van der Waals surface area contributed by atoms with Gasteiger partial charge in [0.15, 0.2) is 0 Å². The van der Waals surface area contributed by atoms with Crippen molar-refractivity contribution in [3.05, 3.63) is 76.9 Å². The predicted molar refractivity (Wildman–Crippen MR) is 110 cm³/mol. The fourth-order valence-corrected chi connectivity index (χ4v) is 4.33. The molecule has 1 aliphatic carbocycles. The fourth-order valence-electron chi connectivity index (χ4n) is 4.12. The molecule has 0 spiro atoms. The van der Waals surface area contributed by atoms with Crippen LogP contribution in [0, 0.1) is 0 Å². The van der Waals surface area contributed by atoms with Crippen molar-refractivity contribution in [3.63, 3.8) is 0 Å². The number of rotatable bonds is 4. The molecular formula is C23H23ClN2O. The number of nitrogens with one attached hydrogen (secondary N) is 1. The topological polar surface area (TPSA) is 42.0 Å². The third-order valence-corrected chi connectivity index (χ3v) is 5.71. The first-order chi connectivity index (χ1) is 13.1. The maximum atomic E-state index is 13.0. The Morgan fingerprint density at radius 1 is 1.04 bits per heavy atom. The van der Waals surface area contributed by atoms with Crippen LogP contribution in [0.4, 0.5) is 0 Å². The molecule has 3 nitrogen and oxygen atoms in total. The van der Waals surface area contributed by atoms with Crippen LogP contribution >= 0.6 is 11.6 Å². The molecule has 0 bridgehead atoms. The van der Waals surface area contributed by atoms with Gasteiger partial charge in [-0.3, -0.25) is 9.78 Å². The molecule has 4 rings (SSSR count). The molecule has 2 aromatic carbocycles. The Kier molecular flexibility index (Phi) is 5.13. The van der Waals surface area contributed by atoms with Crippen molar-refractivity contribution in [2.75, 3.05) is 0 Å². The summed E-state index contributed by atoms with van der Waals surface area (Å²) in [6.07, 6.45) is 7.96. The van der Waals surface area contributed by atoms with Crippen molar-refractivity contribution in [1.82, 2.24) is 10.3 Å².